The number of amides is 4. The summed E-state index contributed by atoms with van der Waals surface area (Å²) in [6.07, 6.45) is 4.07. The van der Waals surface area contributed by atoms with Crippen LogP contribution in [0.2, 0.25) is 0 Å². The van der Waals surface area contributed by atoms with Crippen LogP contribution in [0.5, 0.6) is 0 Å². The third-order valence-electron chi connectivity index (χ3n) is 3.15. The van der Waals surface area contributed by atoms with Crippen molar-refractivity contribution >= 4 is 23.6 Å². The van der Waals surface area contributed by atoms with E-state index in [1.165, 1.54) is 24.3 Å². The maximum absolute atomic E-state index is 11.4. The Morgan fingerprint density at radius 3 is 1.33 bits per heavy atom. The van der Waals surface area contributed by atoms with Gasteiger partial charge in [0.1, 0.15) is 0 Å². The average Bonchev–Trinajstić information content (AvgIpc) is 2.88. The predicted octanol–water partition coefficient (Wildman–Crippen LogP) is -0.370. The van der Waals surface area contributed by atoms with Gasteiger partial charge in [0.05, 0.1) is 25.3 Å². The molecule has 0 fully saturated rings. The number of rotatable bonds is 6. The molecule has 0 saturated carbocycles. The molecule has 7 heteroatoms. The van der Waals surface area contributed by atoms with Gasteiger partial charge in [-0.3, -0.25) is 29.0 Å². The number of nitrogens with zero attached hydrogens (tertiary/aromatic N) is 2. The fourth-order valence-corrected chi connectivity index (χ4v) is 2.22. The van der Waals surface area contributed by atoms with Crippen molar-refractivity contribution in [1.29, 1.82) is 0 Å². The van der Waals surface area contributed by atoms with E-state index in [0.29, 0.717) is 0 Å². The van der Waals surface area contributed by atoms with Crippen LogP contribution in [0, 0.1) is 0 Å². The molecule has 2 unspecified atom stereocenters. The third kappa shape index (κ3) is 3.43. The highest BCUT2D eigenvalue weighted by Crippen LogP contribution is 2.10. The van der Waals surface area contributed by atoms with Crippen molar-refractivity contribution in [3.05, 3.63) is 24.3 Å². The Bertz CT molecular complexity index is 468. The molecule has 0 bridgehead atoms. The largest absolute Gasteiger partial charge is 0.372 e. The molecule has 0 aliphatic carbocycles. The van der Waals surface area contributed by atoms with Crippen LogP contribution in [-0.2, 0) is 23.9 Å². The van der Waals surface area contributed by atoms with E-state index in [9.17, 15) is 19.2 Å². The first kappa shape index (κ1) is 15.1. The molecule has 0 radical (unpaired) electrons. The molecule has 0 aromatic carbocycles. The lowest BCUT2D eigenvalue weighted by molar-refractivity contribution is -0.141. The Kier molecular flexibility index (Phi) is 4.32. The summed E-state index contributed by atoms with van der Waals surface area (Å²) in [5.41, 5.74) is 0. The first-order valence-corrected chi connectivity index (χ1v) is 6.61. The zero-order chi connectivity index (χ0) is 15.6. The minimum absolute atomic E-state index is 0.134. The summed E-state index contributed by atoms with van der Waals surface area (Å²) in [5, 5.41) is 0. The van der Waals surface area contributed by atoms with Crippen LogP contribution in [-0.4, -0.2) is 58.7 Å². The molecule has 2 aliphatic heterocycles. The summed E-state index contributed by atoms with van der Waals surface area (Å²) in [7, 11) is 0. The molecule has 2 heterocycles. The molecule has 0 spiro atoms. The number of carbonyl (C=O) groups is 4. The van der Waals surface area contributed by atoms with Crippen LogP contribution in [0.1, 0.15) is 13.8 Å². The molecular weight excluding hydrogens is 276 g/mol. The first-order valence-electron chi connectivity index (χ1n) is 6.61. The van der Waals surface area contributed by atoms with Crippen LogP contribution < -0.4 is 0 Å². The summed E-state index contributed by atoms with van der Waals surface area (Å²) in [5.74, 6) is -1.45. The molecule has 2 aliphatic rings. The Labute approximate surface area is 121 Å². The van der Waals surface area contributed by atoms with Gasteiger partial charge in [0.25, 0.3) is 23.6 Å². The number of ether oxygens (including phenoxy) is 1. The van der Waals surface area contributed by atoms with E-state index in [0.717, 1.165) is 9.80 Å². The van der Waals surface area contributed by atoms with Gasteiger partial charge in [-0.1, -0.05) is 0 Å². The van der Waals surface area contributed by atoms with Crippen LogP contribution >= 0.6 is 0 Å². The molecule has 0 aromatic heterocycles. The lowest BCUT2D eigenvalue weighted by atomic mass is 10.3. The molecule has 21 heavy (non-hydrogen) atoms. The molecule has 2 atom stereocenters. The summed E-state index contributed by atoms with van der Waals surface area (Å²) < 4.78 is 5.62. The van der Waals surface area contributed by atoms with E-state index in [2.05, 4.69) is 0 Å². The van der Waals surface area contributed by atoms with E-state index in [4.69, 9.17) is 4.74 Å². The molecular formula is C14H16N2O5. The van der Waals surface area contributed by atoms with Crippen LogP contribution in [0.25, 0.3) is 0 Å². The van der Waals surface area contributed by atoms with Gasteiger partial charge >= 0.3 is 0 Å². The van der Waals surface area contributed by atoms with Crippen LogP contribution in [0.15, 0.2) is 24.3 Å². The molecule has 112 valence electrons. The van der Waals surface area contributed by atoms with Crippen molar-refractivity contribution in [1.82, 2.24) is 9.80 Å². The van der Waals surface area contributed by atoms with Crippen molar-refractivity contribution in [2.45, 2.75) is 26.1 Å². The van der Waals surface area contributed by atoms with E-state index in [-0.39, 0.29) is 36.7 Å². The van der Waals surface area contributed by atoms with Gasteiger partial charge in [-0.25, -0.2) is 0 Å². The van der Waals surface area contributed by atoms with E-state index < -0.39 is 12.2 Å². The van der Waals surface area contributed by atoms with Crippen molar-refractivity contribution in [3.8, 4) is 0 Å². The molecule has 0 saturated heterocycles. The normalized spacial score (nSPS) is 20.9. The second kappa shape index (κ2) is 6.01. The lowest BCUT2D eigenvalue weighted by Crippen LogP contribution is -2.41. The Morgan fingerprint density at radius 2 is 1.05 bits per heavy atom. The summed E-state index contributed by atoms with van der Waals surface area (Å²) in [4.78, 5) is 47.9. The summed E-state index contributed by atoms with van der Waals surface area (Å²) in [6.45, 7) is 3.72. The minimum atomic E-state index is -0.395. The van der Waals surface area contributed by atoms with Gasteiger partial charge in [-0.2, -0.15) is 0 Å². The zero-order valence-electron chi connectivity index (χ0n) is 11.8. The smallest absolute Gasteiger partial charge is 0.253 e. The average molecular weight is 292 g/mol. The SMILES string of the molecule is CC(CN1C(=O)C=CC1=O)OC(C)CN1C(=O)C=CC1=O. The van der Waals surface area contributed by atoms with Gasteiger partial charge in [-0.15, -0.1) is 0 Å². The summed E-state index contributed by atoms with van der Waals surface area (Å²) >= 11 is 0. The maximum atomic E-state index is 11.4. The van der Waals surface area contributed by atoms with Gasteiger partial charge < -0.3 is 4.74 Å². The molecule has 7 nitrogen and oxygen atoms in total. The molecule has 0 N–H and O–H groups in total. The van der Waals surface area contributed by atoms with Crippen molar-refractivity contribution in [2.75, 3.05) is 13.1 Å². The highest BCUT2D eigenvalue weighted by Gasteiger charge is 2.28. The topological polar surface area (TPSA) is 84.0 Å². The van der Waals surface area contributed by atoms with E-state index in [1.807, 2.05) is 0 Å². The van der Waals surface area contributed by atoms with E-state index >= 15 is 0 Å². The summed E-state index contributed by atoms with van der Waals surface area (Å²) in [6, 6.07) is 0. The highest BCUT2D eigenvalue weighted by atomic mass is 16.5. The lowest BCUT2D eigenvalue weighted by Gasteiger charge is -2.25. The zero-order valence-corrected chi connectivity index (χ0v) is 11.8. The third-order valence-corrected chi connectivity index (χ3v) is 3.15. The molecule has 2 rings (SSSR count). The second-order valence-corrected chi connectivity index (χ2v) is 5.00. The van der Waals surface area contributed by atoms with Gasteiger partial charge in [0.15, 0.2) is 0 Å². The van der Waals surface area contributed by atoms with Crippen molar-refractivity contribution in [3.63, 3.8) is 0 Å². The fraction of sp³-hybridized carbons (Fsp3) is 0.429. The molecule has 0 aromatic rings. The number of imide groups is 2. The highest BCUT2D eigenvalue weighted by molar-refractivity contribution is 6.13. The monoisotopic (exact) mass is 292 g/mol. The number of hydrogen-bond donors (Lipinski definition) is 0. The van der Waals surface area contributed by atoms with Crippen molar-refractivity contribution in [2.24, 2.45) is 0 Å². The maximum Gasteiger partial charge on any atom is 0.253 e. The predicted molar refractivity (Wildman–Crippen MR) is 71.7 cm³/mol. The van der Waals surface area contributed by atoms with Gasteiger partial charge in [0, 0.05) is 24.3 Å². The number of hydrogen-bond acceptors (Lipinski definition) is 5. The molecule has 4 amide bonds. The first-order chi connectivity index (χ1) is 9.88. The number of carbonyl (C=O) groups excluding carboxylic acids is 4. The fourth-order valence-electron chi connectivity index (χ4n) is 2.22. The van der Waals surface area contributed by atoms with Crippen LogP contribution in [0.4, 0.5) is 0 Å². The van der Waals surface area contributed by atoms with Gasteiger partial charge in [-0.05, 0) is 13.8 Å². The minimum Gasteiger partial charge on any atom is -0.372 e. The van der Waals surface area contributed by atoms with Crippen molar-refractivity contribution < 1.29 is 23.9 Å². The Balaban J connectivity index is 1.81. The quantitative estimate of drug-likeness (QED) is 0.624. The van der Waals surface area contributed by atoms with E-state index in [1.54, 1.807) is 13.8 Å². The standard InChI is InChI=1S/C14H16N2O5/c1-9(7-15-11(17)3-4-12(15)18)21-10(2)8-16-13(19)5-6-14(16)20/h3-6,9-10H,7-8H2,1-2H3. The van der Waals surface area contributed by atoms with Crippen LogP contribution in [0.3, 0.4) is 0 Å². The van der Waals surface area contributed by atoms with Gasteiger partial charge in [0.2, 0.25) is 0 Å². The second-order valence-electron chi connectivity index (χ2n) is 5.00. The Hall–Kier alpha value is -2.28. The Morgan fingerprint density at radius 1 is 0.762 bits per heavy atom.